The molecular formula is C21H22N4O4S. The number of hydrogen-bond acceptors (Lipinski definition) is 7. The van der Waals surface area contributed by atoms with Gasteiger partial charge in [-0.1, -0.05) is 6.07 Å². The molecule has 156 valence electrons. The molecule has 0 unspecified atom stereocenters. The van der Waals surface area contributed by atoms with Crippen molar-refractivity contribution >= 4 is 34.0 Å². The standard InChI is InChI=1S/C21H22N4O4S/c1-14-11-18(24-20(26)16-3-2-8-29-16)30-19(14)21(27)23-13-15-4-5-17(22-12-15)25-6-9-28-10-7-25/h2-5,8,11-12H,6-7,9-10,13H2,1H3,(H,23,27)(H,24,26). The maximum absolute atomic E-state index is 12.6. The Hall–Kier alpha value is -3.17. The van der Waals surface area contributed by atoms with E-state index in [0.29, 0.717) is 29.6 Å². The first kappa shape index (κ1) is 20.1. The van der Waals surface area contributed by atoms with E-state index in [1.54, 1.807) is 24.4 Å². The number of carbonyl (C=O) groups excluding carboxylic acids is 2. The second-order valence-electron chi connectivity index (χ2n) is 6.86. The topological polar surface area (TPSA) is 96.7 Å². The van der Waals surface area contributed by atoms with Gasteiger partial charge in [0.1, 0.15) is 5.82 Å². The lowest BCUT2D eigenvalue weighted by Gasteiger charge is -2.27. The van der Waals surface area contributed by atoms with E-state index in [4.69, 9.17) is 9.15 Å². The molecule has 0 atom stereocenters. The Morgan fingerprint density at radius 1 is 1.20 bits per heavy atom. The molecule has 3 aromatic heterocycles. The van der Waals surface area contributed by atoms with Gasteiger partial charge in [-0.25, -0.2) is 4.98 Å². The summed E-state index contributed by atoms with van der Waals surface area (Å²) in [6.45, 7) is 5.31. The van der Waals surface area contributed by atoms with E-state index in [2.05, 4.69) is 20.5 Å². The van der Waals surface area contributed by atoms with Gasteiger partial charge >= 0.3 is 0 Å². The summed E-state index contributed by atoms with van der Waals surface area (Å²) in [7, 11) is 0. The summed E-state index contributed by atoms with van der Waals surface area (Å²) in [6.07, 6.45) is 3.22. The van der Waals surface area contributed by atoms with Gasteiger partial charge in [0, 0.05) is 25.8 Å². The molecule has 1 aliphatic heterocycles. The van der Waals surface area contributed by atoms with Crippen LogP contribution in [0.4, 0.5) is 10.8 Å². The van der Waals surface area contributed by atoms with E-state index in [-0.39, 0.29) is 17.6 Å². The number of nitrogens with zero attached hydrogens (tertiary/aromatic N) is 2. The van der Waals surface area contributed by atoms with Gasteiger partial charge in [-0.3, -0.25) is 9.59 Å². The van der Waals surface area contributed by atoms with Crippen LogP contribution in [0, 0.1) is 6.92 Å². The van der Waals surface area contributed by atoms with E-state index in [9.17, 15) is 9.59 Å². The summed E-state index contributed by atoms with van der Waals surface area (Å²) >= 11 is 1.23. The van der Waals surface area contributed by atoms with Crippen molar-refractivity contribution in [1.29, 1.82) is 0 Å². The highest BCUT2D eigenvalue weighted by atomic mass is 32.1. The molecule has 8 nitrogen and oxygen atoms in total. The molecule has 1 aliphatic rings. The number of thiophene rings is 1. The van der Waals surface area contributed by atoms with Crippen molar-refractivity contribution in [2.24, 2.45) is 0 Å². The molecular weight excluding hydrogens is 404 g/mol. The minimum Gasteiger partial charge on any atom is -0.459 e. The molecule has 3 aromatic rings. The average molecular weight is 426 g/mol. The van der Waals surface area contributed by atoms with Crippen molar-refractivity contribution in [1.82, 2.24) is 10.3 Å². The van der Waals surface area contributed by atoms with Crippen molar-refractivity contribution in [3.63, 3.8) is 0 Å². The molecule has 0 radical (unpaired) electrons. The van der Waals surface area contributed by atoms with Gasteiger partial charge in [0.2, 0.25) is 0 Å². The summed E-state index contributed by atoms with van der Waals surface area (Å²) in [6, 6.07) is 8.94. The van der Waals surface area contributed by atoms with E-state index in [1.165, 1.54) is 17.6 Å². The van der Waals surface area contributed by atoms with Crippen LogP contribution in [-0.2, 0) is 11.3 Å². The molecule has 0 saturated carbocycles. The van der Waals surface area contributed by atoms with Gasteiger partial charge in [0.25, 0.3) is 11.8 Å². The molecule has 4 heterocycles. The van der Waals surface area contributed by atoms with Crippen LogP contribution in [0.3, 0.4) is 0 Å². The number of furan rings is 1. The highest BCUT2D eigenvalue weighted by molar-refractivity contribution is 7.18. The van der Waals surface area contributed by atoms with Crippen LogP contribution in [0.15, 0.2) is 47.2 Å². The SMILES string of the molecule is Cc1cc(NC(=O)c2ccco2)sc1C(=O)NCc1ccc(N2CCOCC2)nc1. The van der Waals surface area contributed by atoms with Crippen molar-refractivity contribution in [2.45, 2.75) is 13.5 Å². The Labute approximate surface area is 177 Å². The third-order valence-corrected chi connectivity index (χ3v) is 5.85. The van der Waals surface area contributed by atoms with E-state index in [1.807, 2.05) is 19.1 Å². The van der Waals surface area contributed by atoms with Crippen molar-refractivity contribution in [3.8, 4) is 0 Å². The quantitative estimate of drug-likeness (QED) is 0.629. The highest BCUT2D eigenvalue weighted by Crippen LogP contribution is 2.27. The molecule has 9 heteroatoms. The highest BCUT2D eigenvalue weighted by Gasteiger charge is 2.17. The lowest BCUT2D eigenvalue weighted by atomic mass is 10.2. The first-order valence-electron chi connectivity index (χ1n) is 9.61. The van der Waals surface area contributed by atoms with Crippen LogP contribution in [-0.4, -0.2) is 43.1 Å². The molecule has 0 spiro atoms. The number of aromatic nitrogens is 1. The van der Waals surface area contributed by atoms with Crippen LogP contribution >= 0.6 is 11.3 Å². The molecule has 30 heavy (non-hydrogen) atoms. The third kappa shape index (κ3) is 4.69. The van der Waals surface area contributed by atoms with Crippen molar-refractivity contribution in [2.75, 3.05) is 36.5 Å². The maximum atomic E-state index is 12.6. The number of rotatable bonds is 6. The zero-order valence-electron chi connectivity index (χ0n) is 16.5. The number of hydrogen-bond donors (Lipinski definition) is 2. The lowest BCUT2D eigenvalue weighted by Crippen LogP contribution is -2.36. The Morgan fingerprint density at radius 2 is 2.03 bits per heavy atom. The van der Waals surface area contributed by atoms with E-state index in [0.717, 1.165) is 30.0 Å². The summed E-state index contributed by atoms with van der Waals surface area (Å²) in [4.78, 5) is 31.9. The lowest BCUT2D eigenvalue weighted by molar-refractivity contribution is 0.0953. The molecule has 1 fully saturated rings. The summed E-state index contributed by atoms with van der Waals surface area (Å²) in [5, 5.41) is 6.26. The third-order valence-electron chi connectivity index (χ3n) is 4.70. The fraction of sp³-hybridized carbons (Fsp3) is 0.286. The minimum absolute atomic E-state index is 0.187. The number of carbonyl (C=O) groups is 2. The van der Waals surface area contributed by atoms with Gasteiger partial charge < -0.3 is 24.7 Å². The molecule has 4 rings (SSSR count). The predicted octanol–water partition coefficient (Wildman–Crippen LogP) is 3.06. The second kappa shape index (κ2) is 9.10. The largest absolute Gasteiger partial charge is 0.459 e. The fourth-order valence-corrected chi connectivity index (χ4v) is 4.10. The number of morpholine rings is 1. The fourth-order valence-electron chi connectivity index (χ4n) is 3.11. The smallest absolute Gasteiger partial charge is 0.291 e. The number of nitrogens with one attached hydrogen (secondary N) is 2. The van der Waals surface area contributed by atoms with Gasteiger partial charge in [0.05, 0.1) is 29.4 Å². The number of ether oxygens (including phenoxy) is 1. The van der Waals surface area contributed by atoms with Gasteiger partial charge in [-0.05, 0) is 42.3 Å². The molecule has 0 aromatic carbocycles. The normalized spacial score (nSPS) is 13.8. The van der Waals surface area contributed by atoms with E-state index < -0.39 is 0 Å². The number of amides is 2. The zero-order valence-corrected chi connectivity index (χ0v) is 17.3. The Balaban J connectivity index is 1.33. The molecule has 0 aliphatic carbocycles. The van der Waals surface area contributed by atoms with Crippen molar-refractivity contribution < 1.29 is 18.7 Å². The molecule has 2 N–H and O–H groups in total. The monoisotopic (exact) mass is 426 g/mol. The zero-order chi connectivity index (χ0) is 20.9. The first-order valence-corrected chi connectivity index (χ1v) is 10.4. The van der Waals surface area contributed by atoms with Crippen LogP contribution in [0.25, 0.3) is 0 Å². The van der Waals surface area contributed by atoms with Crippen LogP contribution in [0.2, 0.25) is 0 Å². The van der Waals surface area contributed by atoms with Crippen LogP contribution in [0.1, 0.15) is 31.4 Å². The average Bonchev–Trinajstić information content (AvgIpc) is 3.43. The van der Waals surface area contributed by atoms with Crippen LogP contribution < -0.4 is 15.5 Å². The minimum atomic E-state index is -0.348. The summed E-state index contributed by atoms with van der Waals surface area (Å²) in [5.74, 6) is 0.604. The van der Waals surface area contributed by atoms with Crippen molar-refractivity contribution in [3.05, 3.63) is 64.6 Å². The second-order valence-corrected chi connectivity index (χ2v) is 7.91. The Kier molecular flexibility index (Phi) is 6.10. The number of anilines is 2. The predicted molar refractivity (Wildman–Crippen MR) is 114 cm³/mol. The maximum Gasteiger partial charge on any atom is 0.291 e. The number of aryl methyl sites for hydroxylation is 1. The molecule has 1 saturated heterocycles. The van der Waals surface area contributed by atoms with Gasteiger partial charge in [0.15, 0.2) is 5.76 Å². The first-order chi connectivity index (χ1) is 14.6. The van der Waals surface area contributed by atoms with Crippen LogP contribution in [0.5, 0.6) is 0 Å². The molecule has 0 bridgehead atoms. The Bertz CT molecular complexity index is 1010. The summed E-state index contributed by atoms with van der Waals surface area (Å²) in [5.41, 5.74) is 1.72. The van der Waals surface area contributed by atoms with E-state index >= 15 is 0 Å². The van der Waals surface area contributed by atoms with Gasteiger partial charge in [-0.2, -0.15) is 0 Å². The van der Waals surface area contributed by atoms with Gasteiger partial charge in [-0.15, -0.1) is 11.3 Å². The Morgan fingerprint density at radius 3 is 2.73 bits per heavy atom. The molecule has 2 amide bonds. The summed E-state index contributed by atoms with van der Waals surface area (Å²) < 4.78 is 10.4. The number of pyridine rings is 1.